The summed E-state index contributed by atoms with van der Waals surface area (Å²) < 4.78 is 27.9. The second-order valence-corrected chi connectivity index (χ2v) is 8.69. The topological polar surface area (TPSA) is 49.4 Å². The third kappa shape index (κ3) is 5.74. The molecule has 1 heterocycles. The Balaban J connectivity index is 1.73. The van der Waals surface area contributed by atoms with Gasteiger partial charge in [0.1, 0.15) is 17.7 Å². The highest BCUT2D eigenvalue weighted by Gasteiger charge is 2.33. The Morgan fingerprint density at radius 1 is 0.853 bits per heavy atom. The number of thiophene rings is 1. The minimum absolute atomic E-state index is 0.0395. The van der Waals surface area contributed by atoms with Gasteiger partial charge in [-0.25, -0.2) is 8.78 Å². The van der Waals surface area contributed by atoms with E-state index in [1.54, 1.807) is 6.07 Å². The standard InChI is InChI=1S/C27H22F2N2O2S/c28-21-13-11-20(12-14-21)26(27(33)30-18-19-6-2-1-3-7-19)31(23-9-4-8-22(29)16-23)25(32)17-24-10-5-15-34-24/h1-16,26H,17-18H2,(H,30,33)/t26-/m0/s1. The summed E-state index contributed by atoms with van der Waals surface area (Å²) >= 11 is 1.42. The molecule has 34 heavy (non-hydrogen) atoms. The molecule has 0 radical (unpaired) electrons. The van der Waals surface area contributed by atoms with E-state index in [-0.39, 0.29) is 24.6 Å². The smallest absolute Gasteiger partial charge is 0.248 e. The number of nitrogens with one attached hydrogen (secondary N) is 1. The van der Waals surface area contributed by atoms with Gasteiger partial charge in [-0.15, -0.1) is 11.3 Å². The van der Waals surface area contributed by atoms with E-state index in [1.807, 2.05) is 47.8 Å². The number of carbonyl (C=O) groups excluding carboxylic acids is 2. The molecular weight excluding hydrogens is 454 g/mol. The fourth-order valence-corrected chi connectivity index (χ4v) is 4.35. The molecule has 0 saturated carbocycles. The van der Waals surface area contributed by atoms with Crippen molar-refractivity contribution in [2.24, 2.45) is 0 Å². The lowest BCUT2D eigenvalue weighted by Gasteiger charge is -2.31. The molecule has 0 aliphatic carbocycles. The third-order valence-electron chi connectivity index (χ3n) is 5.26. The van der Waals surface area contributed by atoms with Crippen LogP contribution in [-0.4, -0.2) is 11.8 Å². The highest BCUT2D eigenvalue weighted by atomic mass is 32.1. The van der Waals surface area contributed by atoms with Gasteiger partial charge in [0.2, 0.25) is 11.8 Å². The average molecular weight is 477 g/mol. The molecular formula is C27H22F2N2O2S. The van der Waals surface area contributed by atoms with E-state index in [1.165, 1.54) is 58.7 Å². The molecule has 0 spiro atoms. The predicted molar refractivity (Wildman–Crippen MR) is 129 cm³/mol. The van der Waals surface area contributed by atoms with Crippen LogP contribution >= 0.6 is 11.3 Å². The minimum Gasteiger partial charge on any atom is -0.350 e. The molecule has 7 heteroatoms. The fraction of sp³-hybridized carbons (Fsp3) is 0.111. The minimum atomic E-state index is -1.13. The van der Waals surface area contributed by atoms with Crippen molar-refractivity contribution in [3.8, 4) is 0 Å². The zero-order chi connectivity index (χ0) is 23.9. The van der Waals surface area contributed by atoms with Gasteiger partial charge in [0.15, 0.2) is 0 Å². The molecule has 4 rings (SSSR count). The Kier molecular flexibility index (Phi) is 7.44. The maximum atomic E-state index is 14.2. The van der Waals surface area contributed by atoms with Gasteiger partial charge in [-0.2, -0.15) is 0 Å². The SMILES string of the molecule is O=C(NCc1ccccc1)[C@H](c1ccc(F)cc1)N(C(=O)Cc1cccs1)c1cccc(F)c1. The van der Waals surface area contributed by atoms with Crippen molar-refractivity contribution in [1.82, 2.24) is 5.32 Å². The third-order valence-corrected chi connectivity index (χ3v) is 6.14. The van der Waals surface area contributed by atoms with E-state index >= 15 is 0 Å². The summed E-state index contributed by atoms with van der Waals surface area (Å²) in [6.07, 6.45) is 0.0395. The lowest BCUT2D eigenvalue weighted by atomic mass is 10.0. The van der Waals surface area contributed by atoms with Crippen molar-refractivity contribution < 1.29 is 18.4 Å². The van der Waals surface area contributed by atoms with E-state index in [0.29, 0.717) is 5.56 Å². The molecule has 0 aliphatic heterocycles. The van der Waals surface area contributed by atoms with Gasteiger partial charge in [0.25, 0.3) is 0 Å². The van der Waals surface area contributed by atoms with Crippen LogP contribution in [0.3, 0.4) is 0 Å². The lowest BCUT2D eigenvalue weighted by Crippen LogP contribution is -2.44. The van der Waals surface area contributed by atoms with Crippen LogP contribution < -0.4 is 10.2 Å². The monoisotopic (exact) mass is 476 g/mol. The van der Waals surface area contributed by atoms with Gasteiger partial charge >= 0.3 is 0 Å². The normalized spacial score (nSPS) is 11.6. The summed E-state index contributed by atoms with van der Waals surface area (Å²) in [5, 5.41) is 4.73. The van der Waals surface area contributed by atoms with Crippen LogP contribution in [0.5, 0.6) is 0 Å². The summed E-state index contributed by atoms with van der Waals surface area (Å²) in [4.78, 5) is 29.2. The van der Waals surface area contributed by atoms with Gasteiger partial charge in [-0.1, -0.05) is 54.6 Å². The van der Waals surface area contributed by atoms with Crippen LogP contribution in [0.25, 0.3) is 0 Å². The van der Waals surface area contributed by atoms with Crippen LogP contribution in [0.2, 0.25) is 0 Å². The number of rotatable bonds is 8. The molecule has 0 unspecified atom stereocenters. The number of benzene rings is 3. The number of halogens is 2. The van der Waals surface area contributed by atoms with Gasteiger partial charge in [0, 0.05) is 17.1 Å². The van der Waals surface area contributed by atoms with Crippen LogP contribution in [-0.2, 0) is 22.6 Å². The quantitative estimate of drug-likeness (QED) is 0.357. The summed E-state index contributed by atoms with van der Waals surface area (Å²) in [6.45, 7) is 0.244. The first-order valence-corrected chi connectivity index (χ1v) is 11.6. The maximum absolute atomic E-state index is 14.2. The molecule has 172 valence electrons. The molecule has 0 saturated heterocycles. The average Bonchev–Trinajstić information content (AvgIpc) is 3.35. The summed E-state index contributed by atoms with van der Waals surface area (Å²) in [5.74, 6) is -1.83. The Morgan fingerprint density at radius 3 is 2.29 bits per heavy atom. The van der Waals surface area contributed by atoms with Crippen molar-refractivity contribution in [3.63, 3.8) is 0 Å². The molecule has 4 aromatic rings. The molecule has 1 atom stereocenters. The summed E-state index contributed by atoms with van der Waals surface area (Å²) in [6, 6.07) is 22.8. The number of carbonyl (C=O) groups is 2. The molecule has 0 fully saturated rings. The van der Waals surface area contributed by atoms with Gasteiger partial charge in [0.05, 0.1) is 6.42 Å². The zero-order valence-corrected chi connectivity index (χ0v) is 19.0. The van der Waals surface area contributed by atoms with Crippen molar-refractivity contribution in [2.75, 3.05) is 4.90 Å². The van der Waals surface area contributed by atoms with Crippen LogP contribution in [0.4, 0.5) is 14.5 Å². The number of anilines is 1. The lowest BCUT2D eigenvalue weighted by molar-refractivity contribution is -0.126. The van der Waals surface area contributed by atoms with E-state index in [4.69, 9.17) is 0 Å². The second kappa shape index (κ2) is 10.9. The van der Waals surface area contributed by atoms with E-state index in [0.717, 1.165) is 10.4 Å². The first kappa shape index (κ1) is 23.3. The molecule has 1 N–H and O–H groups in total. The number of hydrogen-bond donors (Lipinski definition) is 1. The van der Waals surface area contributed by atoms with Crippen molar-refractivity contribution in [2.45, 2.75) is 19.0 Å². The number of amides is 2. The number of hydrogen-bond acceptors (Lipinski definition) is 3. The Bertz CT molecular complexity index is 1250. The first-order valence-electron chi connectivity index (χ1n) is 10.7. The van der Waals surface area contributed by atoms with Gasteiger partial charge < -0.3 is 5.32 Å². The molecule has 3 aromatic carbocycles. The second-order valence-electron chi connectivity index (χ2n) is 7.66. The number of nitrogens with zero attached hydrogens (tertiary/aromatic N) is 1. The maximum Gasteiger partial charge on any atom is 0.248 e. The van der Waals surface area contributed by atoms with Crippen molar-refractivity contribution in [3.05, 3.63) is 124 Å². The highest BCUT2D eigenvalue weighted by Crippen LogP contribution is 2.30. The largest absolute Gasteiger partial charge is 0.350 e. The molecule has 1 aromatic heterocycles. The Labute approximate surface area is 200 Å². The Hall–Kier alpha value is -3.84. The van der Waals surface area contributed by atoms with Crippen molar-refractivity contribution >= 4 is 28.8 Å². The fourth-order valence-electron chi connectivity index (χ4n) is 3.65. The van der Waals surface area contributed by atoms with Crippen molar-refractivity contribution in [1.29, 1.82) is 0 Å². The zero-order valence-electron chi connectivity index (χ0n) is 18.2. The molecule has 0 aliphatic rings. The van der Waals surface area contributed by atoms with Crippen LogP contribution in [0.15, 0.2) is 96.4 Å². The van der Waals surface area contributed by atoms with Gasteiger partial charge in [-0.3, -0.25) is 14.5 Å². The highest BCUT2D eigenvalue weighted by molar-refractivity contribution is 7.10. The molecule has 0 bridgehead atoms. The van der Waals surface area contributed by atoms with Crippen LogP contribution in [0, 0.1) is 11.6 Å². The summed E-state index contributed by atoms with van der Waals surface area (Å²) in [5.41, 5.74) is 1.54. The van der Waals surface area contributed by atoms with E-state index < -0.39 is 23.6 Å². The van der Waals surface area contributed by atoms with E-state index in [9.17, 15) is 18.4 Å². The summed E-state index contributed by atoms with van der Waals surface area (Å²) in [7, 11) is 0. The van der Waals surface area contributed by atoms with Crippen LogP contribution in [0.1, 0.15) is 22.0 Å². The van der Waals surface area contributed by atoms with E-state index in [2.05, 4.69) is 5.32 Å². The van der Waals surface area contributed by atoms with Gasteiger partial charge in [-0.05, 0) is 52.9 Å². The molecule has 2 amide bonds. The Morgan fingerprint density at radius 2 is 1.62 bits per heavy atom. The first-order chi connectivity index (χ1) is 16.5. The predicted octanol–water partition coefficient (Wildman–Crippen LogP) is 5.66. The molecule has 4 nitrogen and oxygen atoms in total.